The lowest BCUT2D eigenvalue weighted by Crippen LogP contribution is -2.08. The zero-order valence-electron chi connectivity index (χ0n) is 9.93. The molecule has 90 valence electrons. The molecular formula is C10H18N4O2. The molecule has 6 nitrogen and oxygen atoms in total. The van der Waals surface area contributed by atoms with Gasteiger partial charge in [0.2, 0.25) is 5.95 Å². The van der Waals surface area contributed by atoms with E-state index in [1.807, 2.05) is 6.92 Å². The minimum Gasteiger partial charge on any atom is -0.464 e. The molecule has 1 heterocycles. The molecule has 0 saturated carbocycles. The van der Waals surface area contributed by atoms with Gasteiger partial charge in [0.05, 0.1) is 13.2 Å². The molecule has 16 heavy (non-hydrogen) atoms. The predicted molar refractivity (Wildman–Crippen MR) is 60.4 cm³/mol. The maximum atomic E-state index is 5.50. The summed E-state index contributed by atoms with van der Waals surface area (Å²) in [7, 11) is 0. The molecule has 0 fully saturated rings. The van der Waals surface area contributed by atoms with Crippen molar-refractivity contribution in [2.45, 2.75) is 27.2 Å². The van der Waals surface area contributed by atoms with Crippen molar-refractivity contribution < 1.29 is 9.47 Å². The molecule has 6 heteroatoms. The van der Waals surface area contributed by atoms with Crippen LogP contribution < -0.4 is 15.2 Å². The molecule has 1 aromatic heterocycles. The SMILES string of the molecule is CCOc1nc(N)nc(OCCC(C)C)n1. The fraction of sp³-hybridized carbons (Fsp3) is 0.700. The minimum atomic E-state index is 0.109. The van der Waals surface area contributed by atoms with Gasteiger partial charge in [-0.3, -0.25) is 0 Å². The van der Waals surface area contributed by atoms with Crippen molar-refractivity contribution in [2.75, 3.05) is 18.9 Å². The first-order valence-electron chi connectivity index (χ1n) is 5.39. The molecule has 2 N–H and O–H groups in total. The molecule has 0 radical (unpaired) electrons. The Kier molecular flexibility index (Phi) is 4.75. The summed E-state index contributed by atoms with van der Waals surface area (Å²) in [6.45, 7) is 7.13. The van der Waals surface area contributed by atoms with Gasteiger partial charge in [-0.05, 0) is 19.3 Å². The van der Waals surface area contributed by atoms with Crippen molar-refractivity contribution in [2.24, 2.45) is 5.92 Å². The molecule has 0 unspecified atom stereocenters. The van der Waals surface area contributed by atoms with E-state index in [1.54, 1.807) is 0 Å². The highest BCUT2D eigenvalue weighted by molar-refractivity contribution is 5.20. The second-order valence-corrected chi connectivity index (χ2v) is 3.72. The summed E-state index contributed by atoms with van der Waals surface area (Å²) in [6, 6.07) is 0.422. The van der Waals surface area contributed by atoms with Gasteiger partial charge in [-0.25, -0.2) is 0 Å². The standard InChI is InChI=1S/C10H18N4O2/c1-4-15-9-12-8(11)13-10(14-9)16-6-5-7(2)3/h7H,4-6H2,1-3H3,(H2,11,12,13,14). The summed E-state index contributed by atoms with van der Waals surface area (Å²) in [5.41, 5.74) is 5.50. The second kappa shape index (κ2) is 6.09. The van der Waals surface area contributed by atoms with E-state index in [9.17, 15) is 0 Å². The average molecular weight is 226 g/mol. The van der Waals surface area contributed by atoms with Gasteiger partial charge in [0.15, 0.2) is 0 Å². The van der Waals surface area contributed by atoms with E-state index in [1.165, 1.54) is 0 Å². The highest BCUT2D eigenvalue weighted by atomic mass is 16.5. The van der Waals surface area contributed by atoms with Gasteiger partial charge in [-0.2, -0.15) is 9.97 Å². The fourth-order valence-electron chi connectivity index (χ4n) is 0.997. The Morgan fingerprint density at radius 2 is 1.75 bits per heavy atom. The number of rotatable bonds is 6. The minimum absolute atomic E-state index is 0.109. The van der Waals surface area contributed by atoms with Gasteiger partial charge >= 0.3 is 12.0 Å². The van der Waals surface area contributed by atoms with E-state index in [2.05, 4.69) is 28.8 Å². The van der Waals surface area contributed by atoms with E-state index in [-0.39, 0.29) is 18.0 Å². The Hall–Kier alpha value is -1.59. The Morgan fingerprint density at radius 1 is 1.12 bits per heavy atom. The summed E-state index contributed by atoms with van der Waals surface area (Å²) in [5, 5.41) is 0. The van der Waals surface area contributed by atoms with Gasteiger partial charge in [0.1, 0.15) is 0 Å². The number of hydrogen-bond acceptors (Lipinski definition) is 6. The van der Waals surface area contributed by atoms with E-state index in [4.69, 9.17) is 15.2 Å². The maximum absolute atomic E-state index is 5.50. The number of nitrogens with zero attached hydrogens (tertiary/aromatic N) is 3. The number of nitrogens with two attached hydrogens (primary N) is 1. The lowest BCUT2D eigenvalue weighted by Gasteiger charge is -2.07. The van der Waals surface area contributed by atoms with Gasteiger partial charge in [0, 0.05) is 0 Å². The van der Waals surface area contributed by atoms with Crippen LogP contribution in [0.4, 0.5) is 5.95 Å². The molecule has 0 atom stereocenters. The average Bonchev–Trinajstić information content (AvgIpc) is 2.16. The Morgan fingerprint density at radius 3 is 2.31 bits per heavy atom. The topological polar surface area (TPSA) is 83.2 Å². The summed E-state index contributed by atoms with van der Waals surface area (Å²) in [5.74, 6) is 0.684. The molecule has 0 spiro atoms. The molecule has 0 amide bonds. The van der Waals surface area contributed by atoms with Crippen LogP contribution in [0.3, 0.4) is 0 Å². The third kappa shape index (κ3) is 4.29. The number of anilines is 1. The van der Waals surface area contributed by atoms with Crippen molar-refractivity contribution in [3.8, 4) is 12.0 Å². The van der Waals surface area contributed by atoms with Crippen LogP contribution in [-0.4, -0.2) is 28.2 Å². The first-order valence-corrected chi connectivity index (χ1v) is 5.39. The molecular weight excluding hydrogens is 208 g/mol. The highest BCUT2D eigenvalue weighted by Crippen LogP contribution is 2.11. The third-order valence-corrected chi connectivity index (χ3v) is 1.81. The number of hydrogen-bond donors (Lipinski definition) is 1. The zero-order valence-corrected chi connectivity index (χ0v) is 9.93. The predicted octanol–water partition coefficient (Wildman–Crippen LogP) is 1.28. The van der Waals surface area contributed by atoms with Crippen LogP contribution in [0.2, 0.25) is 0 Å². The van der Waals surface area contributed by atoms with Crippen LogP contribution >= 0.6 is 0 Å². The molecule has 1 rings (SSSR count). The molecule has 0 aliphatic rings. The van der Waals surface area contributed by atoms with E-state index in [0.717, 1.165) is 6.42 Å². The van der Waals surface area contributed by atoms with Crippen molar-refractivity contribution in [1.82, 2.24) is 15.0 Å². The Bertz CT molecular complexity index is 331. The van der Waals surface area contributed by atoms with Gasteiger partial charge in [-0.15, -0.1) is 4.98 Å². The quantitative estimate of drug-likeness (QED) is 0.786. The van der Waals surface area contributed by atoms with E-state index in [0.29, 0.717) is 19.1 Å². The summed E-state index contributed by atoms with van der Waals surface area (Å²) >= 11 is 0. The molecule has 1 aromatic rings. The van der Waals surface area contributed by atoms with Crippen molar-refractivity contribution >= 4 is 5.95 Å². The van der Waals surface area contributed by atoms with Gasteiger partial charge < -0.3 is 15.2 Å². The molecule has 0 aliphatic heterocycles. The summed E-state index contributed by atoms with van der Waals surface area (Å²) in [4.78, 5) is 11.7. The van der Waals surface area contributed by atoms with Crippen LogP contribution in [0.1, 0.15) is 27.2 Å². The van der Waals surface area contributed by atoms with Gasteiger partial charge in [0.25, 0.3) is 0 Å². The summed E-state index contributed by atoms with van der Waals surface area (Å²) < 4.78 is 10.5. The fourth-order valence-corrected chi connectivity index (χ4v) is 0.997. The normalized spacial score (nSPS) is 10.5. The van der Waals surface area contributed by atoms with Crippen LogP contribution in [-0.2, 0) is 0 Å². The van der Waals surface area contributed by atoms with E-state index < -0.39 is 0 Å². The molecule has 0 aromatic carbocycles. The monoisotopic (exact) mass is 226 g/mol. The number of ether oxygens (including phenoxy) is 2. The Labute approximate surface area is 95.2 Å². The first-order chi connectivity index (χ1) is 7.61. The number of nitrogen functional groups attached to an aromatic ring is 1. The first kappa shape index (κ1) is 12.5. The van der Waals surface area contributed by atoms with Crippen LogP contribution in [0, 0.1) is 5.92 Å². The largest absolute Gasteiger partial charge is 0.464 e. The highest BCUT2D eigenvalue weighted by Gasteiger charge is 2.06. The summed E-state index contributed by atoms with van der Waals surface area (Å²) in [6.07, 6.45) is 0.940. The smallest absolute Gasteiger partial charge is 0.324 e. The Balaban J connectivity index is 2.58. The van der Waals surface area contributed by atoms with Crippen LogP contribution in [0.5, 0.6) is 12.0 Å². The molecule has 0 aliphatic carbocycles. The lowest BCUT2D eigenvalue weighted by atomic mass is 10.1. The van der Waals surface area contributed by atoms with Crippen LogP contribution in [0.25, 0.3) is 0 Å². The van der Waals surface area contributed by atoms with Gasteiger partial charge in [-0.1, -0.05) is 13.8 Å². The molecule has 0 saturated heterocycles. The van der Waals surface area contributed by atoms with Crippen molar-refractivity contribution in [1.29, 1.82) is 0 Å². The second-order valence-electron chi connectivity index (χ2n) is 3.72. The molecule has 0 bridgehead atoms. The zero-order chi connectivity index (χ0) is 12.0. The van der Waals surface area contributed by atoms with Crippen molar-refractivity contribution in [3.63, 3.8) is 0 Å². The third-order valence-electron chi connectivity index (χ3n) is 1.81. The maximum Gasteiger partial charge on any atom is 0.324 e. The van der Waals surface area contributed by atoms with E-state index >= 15 is 0 Å². The van der Waals surface area contributed by atoms with Crippen molar-refractivity contribution in [3.05, 3.63) is 0 Å². The number of aromatic nitrogens is 3. The lowest BCUT2D eigenvalue weighted by molar-refractivity contribution is 0.254. The van der Waals surface area contributed by atoms with Crippen LogP contribution in [0.15, 0.2) is 0 Å².